The Kier molecular flexibility index (Phi) is 3.90. The molecule has 0 aliphatic heterocycles. The van der Waals surface area contributed by atoms with Gasteiger partial charge in [-0.15, -0.1) is 0 Å². The maximum Gasteiger partial charge on any atom is 0.168 e. The van der Waals surface area contributed by atoms with Gasteiger partial charge in [-0.1, -0.05) is 0 Å². The van der Waals surface area contributed by atoms with Gasteiger partial charge in [0.1, 0.15) is 0 Å². The third-order valence-electron chi connectivity index (χ3n) is 6.08. The van der Waals surface area contributed by atoms with Crippen molar-refractivity contribution in [2.75, 3.05) is 14.1 Å². The van der Waals surface area contributed by atoms with E-state index in [1.165, 1.54) is 12.8 Å². The third kappa shape index (κ3) is 3.24. The molecule has 26 heavy (non-hydrogen) atoms. The molecule has 0 atom stereocenters. The summed E-state index contributed by atoms with van der Waals surface area (Å²) in [5.74, 6) is 0.349. The molecule has 0 unspecified atom stereocenters. The molecule has 6 nitrogen and oxygen atoms in total. The Balaban J connectivity index is 0.000000130. The number of ketones is 3. The first-order chi connectivity index (χ1) is 12.3. The average molecular weight is 355 g/mol. The number of hydrogen-bond acceptors (Lipinski definition) is 5. The van der Waals surface area contributed by atoms with E-state index < -0.39 is 0 Å². The first kappa shape index (κ1) is 17.2. The fraction of sp³-hybridized carbons (Fsp3) is 0.600. The lowest BCUT2D eigenvalue weighted by Crippen LogP contribution is -2.28. The number of carbonyl (C=O) groups is 3. The Morgan fingerprint density at radius 2 is 1.46 bits per heavy atom. The maximum atomic E-state index is 11.7. The molecule has 0 radical (unpaired) electrons. The van der Waals surface area contributed by atoms with Crippen molar-refractivity contribution in [1.82, 2.24) is 15.1 Å². The summed E-state index contributed by atoms with van der Waals surface area (Å²) in [6, 6.07) is 0. The third-order valence-corrected chi connectivity index (χ3v) is 6.08. The second-order valence-electron chi connectivity index (χ2n) is 8.75. The molecule has 2 spiro atoms. The fourth-order valence-electron chi connectivity index (χ4n) is 4.11. The first-order valence-electron chi connectivity index (χ1n) is 9.32. The van der Waals surface area contributed by atoms with Crippen LogP contribution in [0.25, 0.3) is 0 Å². The monoisotopic (exact) mass is 355 g/mol. The predicted molar refractivity (Wildman–Crippen MR) is 95.6 cm³/mol. The van der Waals surface area contributed by atoms with Crippen LogP contribution < -0.4 is 0 Å². The molecule has 1 N–H and O–H groups in total. The summed E-state index contributed by atoms with van der Waals surface area (Å²) in [7, 11) is 3.66. The molecule has 1 aromatic heterocycles. The summed E-state index contributed by atoms with van der Waals surface area (Å²) < 4.78 is 0. The van der Waals surface area contributed by atoms with Crippen LogP contribution in [0.1, 0.15) is 61.0 Å². The minimum Gasteiger partial charge on any atom is -0.383 e. The summed E-state index contributed by atoms with van der Waals surface area (Å²) in [5.41, 5.74) is 2.71. The summed E-state index contributed by atoms with van der Waals surface area (Å²) in [4.78, 5) is 36.7. The molecule has 6 heteroatoms. The van der Waals surface area contributed by atoms with Gasteiger partial charge >= 0.3 is 0 Å². The van der Waals surface area contributed by atoms with Gasteiger partial charge in [0, 0.05) is 45.3 Å². The molecule has 3 fully saturated rings. The van der Waals surface area contributed by atoms with E-state index in [2.05, 4.69) is 10.2 Å². The number of allylic oxidation sites excluding steroid dienone is 1. The van der Waals surface area contributed by atoms with Crippen molar-refractivity contribution in [3.05, 3.63) is 29.2 Å². The van der Waals surface area contributed by atoms with Crippen molar-refractivity contribution in [2.24, 2.45) is 10.8 Å². The molecule has 138 valence electrons. The summed E-state index contributed by atoms with van der Waals surface area (Å²) in [5, 5.41) is 6.81. The highest BCUT2D eigenvalue weighted by Crippen LogP contribution is 2.55. The van der Waals surface area contributed by atoms with Gasteiger partial charge in [0.2, 0.25) is 0 Å². The molecular formula is C20H25N3O3. The average Bonchev–Trinajstić information content (AvgIpc) is 3.42. The number of fused-ring (bicyclic) bond motifs is 1. The molecule has 0 amide bonds. The number of nitrogens with one attached hydrogen (secondary N) is 1. The smallest absolute Gasteiger partial charge is 0.168 e. The van der Waals surface area contributed by atoms with E-state index in [0.717, 1.165) is 36.9 Å². The molecule has 1 heterocycles. The highest BCUT2D eigenvalue weighted by Gasteiger charge is 2.50. The van der Waals surface area contributed by atoms with E-state index >= 15 is 0 Å². The van der Waals surface area contributed by atoms with Crippen molar-refractivity contribution in [2.45, 2.75) is 51.4 Å². The number of aromatic amines is 1. The van der Waals surface area contributed by atoms with Gasteiger partial charge in [0.25, 0.3) is 0 Å². The standard InChI is InChI=1S/C11H15NO2.C9H10N2O/c1-12(2)7-8-9(13)5-11(3-4-11)6-10(8)14;12-8-4-9(1-2-9)3-7-6(8)5-10-11-7/h7H,3-6H2,1-2H3;5H,1-4H2,(H,10,11). The number of rotatable bonds is 1. The number of aromatic nitrogens is 2. The zero-order valence-electron chi connectivity index (χ0n) is 15.4. The maximum absolute atomic E-state index is 11.7. The van der Waals surface area contributed by atoms with Crippen molar-refractivity contribution in [3.8, 4) is 0 Å². The van der Waals surface area contributed by atoms with Crippen LogP contribution in [-0.4, -0.2) is 46.5 Å². The summed E-state index contributed by atoms with van der Waals surface area (Å²) in [6.07, 6.45) is 10.8. The van der Waals surface area contributed by atoms with Gasteiger partial charge in [0.15, 0.2) is 17.3 Å². The van der Waals surface area contributed by atoms with Crippen LogP contribution in [0.15, 0.2) is 18.0 Å². The molecule has 4 aliphatic rings. The van der Waals surface area contributed by atoms with Crippen LogP contribution in [-0.2, 0) is 16.0 Å². The molecular weight excluding hydrogens is 330 g/mol. The van der Waals surface area contributed by atoms with Crippen molar-refractivity contribution in [1.29, 1.82) is 0 Å². The molecule has 3 saturated carbocycles. The van der Waals surface area contributed by atoms with Gasteiger partial charge in [0.05, 0.1) is 17.3 Å². The zero-order chi connectivity index (χ0) is 18.5. The van der Waals surface area contributed by atoms with E-state index in [0.29, 0.717) is 23.8 Å². The van der Waals surface area contributed by atoms with E-state index in [1.54, 1.807) is 17.3 Å². The predicted octanol–water partition coefficient (Wildman–Crippen LogP) is 2.46. The highest BCUT2D eigenvalue weighted by atomic mass is 16.2. The lowest BCUT2D eigenvalue weighted by atomic mass is 9.82. The molecule has 1 aromatic rings. The number of nitrogens with zero attached hydrogens (tertiary/aromatic N) is 2. The lowest BCUT2D eigenvalue weighted by molar-refractivity contribution is -0.126. The Bertz CT molecular complexity index is 788. The minimum absolute atomic E-state index is 0.0347. The molecule has 5 rings (SSSR count). The first-order valence-corrected chi connectivity index (χ1v) is 9.32. The van der Waals surface area contributed by atoms with Crippen LogP contribution in [0.4, 0.5) is 0 Å². The molecule has 0 bridgehead atoms. The van der Waals surface area contributed by atoms with Crippen LogP contribution in [0.3, 0.4) is 0 Å². The van der Waals surface area contributed by atoms with E-state index in [4.69, 9.17) is 0 Å². The Morgan fingerprint density at radius 3 is 2.00 bits per heavy atom. The lowest BCUT2D eigenvalue weighted by Gasteiger charge is -2.21. The fourth-order valence-corrected chi connectivity index (χ4v) is 4.11. The second-order valence-corrected chi connectivity index (χ2v) is 8.75. The zero-order valence-corrected chi connectivity index (χ0v) is 15.4. The van der Waals surface area contributed by atoms with Crippen molar-refractivity contribution in [3.63, 3.8) is 0 Å². The summed E-state index contributed by atoms with van der Waals surface area (Å²) >= 11 is 0. The van der Waals surface area contributed by atoms with E-state index in [1.807, 2.05) is 14.1 Å². The topological polar surface area (TPSA) is 83.1 Å². The Labute approximate surface area is 153 Å². The SMILES string of the molecule is CN(C)C=C1C(=O)CC2(CC2)CC1=O.O=C1CC2(CC2)Cc2[nH]ncc21. The van der Waals surface area contributed by atoms with Gasteiger partial charge in [-0.3, -0.25) is 19.5 Å². The largest absolute Gasteiger partial charge is 0.383 e. The Hall–Kier alpha value is -2.24. The van der Waals surface area contributed by atoms with E-state index in [9.17, 15) is 14.4 Å². The van der Waals surface area contributed by atoms with Gasteiger partial charge in [-0.25, -0.2) is 0 Å². The second kappa shape index (κ2) is 5.89. The molecule has 0 saturated heterocycles. The minimum atomic E-state index is 0.0347. The van der Waals surface area contributed by atoms with Crippen LogP contribution in [0, 0.1) is 10.8 Å². The van der Waals surface area contributed by atoms with Crippen LogP contribution >= 0.6 is 0 Å². The number of hydrogen-bond donors (Lipinski definition) is 1. The van der Waals surface area contributed by atoms with Gasteiger partial charge in [-0.2, -0.15) is 5.10 Å². The van der Waals surface area contributed by atoms with E-state index in [-0.39, 0.29) is 22.8 Å². The van der Waals surface area contributed by atoms with Gasteiger partial charge in [-0.05, 0) is 42.9 Å². The number of carbonyl (C=O) groups excluding carboxylic acids is 3. The van der Waals surface area contributed by atoms with Crippen LogP contribution in [0.5, 0.6) is 0 Å². The normalized spacial score (nSPS) is 24.1. The summed E-state index contributed by atoms with van der Waals surface area (Å²) in [6.45, 7) is 0. The quantitative estimate of drug-likeness (QED) is 0.618. The number of H-pyrrole nitrogens is 1. The van der Waals surface area contributed by atoms with Crippen molar-refractivity contribution < 1.29 is 14.4 Å². The molecule has 0 aromatic carbocycles. The number of Topliss-reactive ketones (excluding diaryl/α,β-unsaturated/α-hetero) is 3. The Morgan fingerprint density at radius 1 is 0.923 bits per heavy atom. The highest BCUT2D eigenvalue weighted by molar-refractivity contribution is 6.22. The molecule has 4 aliphatic carbocycles. The van der Waals surface area contributed by atoms with Gasteiger partial charge < -0.3 is 4.90 Å². The van der Waals surface area contributed by atoms with Crippen molar-refractivity contribution >= 4 is 17.3 Å². The van der Waals surface area contributed by atoms with Crippen LogP contribution in [0.2, 0.25) is 0 Å².